The molecule has 0 unspecified atom stereocenters. The zero-order chi connectivity index (χ0) is 11.4. The molecule has 0 aromatic heterocycles. The van der Waals surface area contributed by atoms with Crippen LogP contribution in [0.4, 0.5) is 5.69 Å². The zero-order valence-corrected chi connectivity index (χ0v) is 8.82. The van der Waals surface area contributed by atoms with Gasteiger partial charge in [0, 0.05) is 12.6 Å². The van der Waals surface area contributed by atoms with Crippen LogP contribution in [0.2, 0.25) is 0 Å². The standard InChI is InChI=1S/C10H14N2O3/c1-7-5-8(2)10(15-4-3-11)9(6-7)12(13)14/h5-6H,3-4,11H2,1-2H3. The molecule has 1 aromatic rings. The summed E-state index contributed by atoms with van der Waals surface area (Å²) in [5.74, 6) is 0.316. The summed E-state index contributed by atoms with van der Waals surface area (Å²) in [6.45, 7) is 4.22. The second kappa shape index (κ2) is 4.75. The molecule has 0 heterocycles. The number of nitro benzene ring substituents is 1. The highest BCUT2D eigenvalue weighted by atomic mass is 16.6. The molecule has 0 fully saturated rings. The van der Waals surface area contributed by atoms with Gasteiger partial charge in [-0.1, -0.05) is 6.07 Å². The van der Waals surface area contributed by atoms with E-state index >= 15 is 0 Å². The zero-order valence-electron chi connectivity index (χ0n) is 8.82. The van der Waals surface area contributed by atoms with E-state index in [2.05, 4.69) is 0 Å². The summed E-state index contributed by atoms with van der Waals surface area (Å²) in [6, 6.07) is 3.34. The molecule has 0 saturated carbocycles. The smallest absolute Gasteiger partial charge is 0.311 e. The minimum absolute atomic E-state index is 0.000880. The van der Waals surface area contributed by atoms with Crippen molar-refractivity contribution in [3.05, 3.63) is 33.4 Å². The highest BCUT2D eigenvalue weighted by Gasteiger charge is 2.17. The molecule has 82 valence electrons. The van der Waals surface area contributed by atoms with Crippen molar-refractivity contribution in [2.75, 3.05) is 13.2 Å². The Morgan fingerprint density at radius 1 is 1.47 bits per heavy atom. The first-order chi connectivity index (χ1) is 7.06. The maximum absolute atomic E-state index is 10.8. The summed E-state index contributed by atoms with van der Waals surface area (Å²) >= 11 is 0. The molecule has 0 spiro atoms. The fourth-order valence-corrected chi connectivity index (χ4v) is 1.42. The van der Waals surface area contributed by atoms with Gasteiger partial charge in [0.2, 0.25) is 0 Å². The van der Waals surface area contributed by atoms with Crippen LogP contribution in [0.25, 0.3) is 0 Å². The highest BCUT2D eigenvalue weighted by molar-refractivity contribution is 5.53. The van der Waals surface area contributed by atoms with Crippen molar-refractivity contribution in [1.29, 1.82) is 0 Å². The normalized spacial score (nSPS) is 10.1. The lowest BCUT2D eigenvalue weighted by molar-refractivity contribution is -0.385. The number of benzene rings is 1. The van der Waals surface area contributed by atoms with Crippen molar-refractivity contribution in [3.8, 4) is 5.75 Å². The van der Waals surface area contributed by atoms with E-state index in [1.165, 1.54) is 6.07 Å². The van der Waals surface area contributed by atoms with Crippen LogP contribution in [-0.2, 0) is 0 Å². The number of ether oxygens (including phenoxy) is 1. The molecule has 5 nitrogen and oxygen atoms in total. The van der Waals surface area contributed by atoms with Crippen molar-refractivity contribution < 1.29 is 9.66 Å². The van der Waals surface area contributed by atoms with E-state index in [0.717, 1.165) is 11.1 Å². The third-order valence-corrected chi connectivity index (χ3v) is 1.96. The molecule has 5 heteroatoms. The number of nitro groups is 1. The van der Waals surface area contributed by atoms with Crippen molar-refractivity contribution in [1.82, 2.24) is 0 Å². The molecule has 1 rings (SSSR count). The molecular formula is C10H14N2O3. The Hall–Kier alpha value is -1.62. The van der Waals surface area contributed by atoms with E-state index in [0.29, 0.717) is 12.3 Å². The van der Waals surface area contributed by atoms with Crippen LogP contribution in [-0.4, -0.2) is 18.1 Å². The molecular weight excluding hydrogens is 196 g/mol. The summed E-state index contributed by atoms with van der Waals surface area (Å²) in [6.07, 6.45) is 0. The van der Waals surface area contributed by atoms with Gasteiger partial charge < -0.3 is 10.5 Å². The lowest BCUT2D eigenvalue weighted by Crippen LogP contribution is -2.12. The Balaban J connectivity index is 3.15. The van der Waals surface area contributed by atoms with E-state index < -0.39 is 4.92 Å². The van der Waals surface area contributed by atoms with Gasteiger partial charge >= 0.3 is 5.69 Å². The van der Waals surface area contributed by atoms with Crippen molar-refractivity contribution in [2.45, 2.75) is 13.8 Å². The van der Waals surface area contributed by atoms with Gasteiger partial charge in [0.15, 0.2) is 5.75 Å². The summed E-state index contributed by atoms with van der Waals surface area (Å²) in [5.41, 5.74) is 6.89. The van der Waals surface area contributed by atoms with Crippen LogP contribution >= 0.6 is 0 Å². The molecule has 1 aromatic carbocycles. The summed E-state index contributed by atoms with van der Waals surface area (Å²) in [7, 11) is 0. The van der Waals surface area contributed by atoms with Crippen molar-refractivity contribution >= 4 is 5.69 Å². The molecule has 0 aliphatic rings. The molecule has 0 saturated heterocycles. The molecule has 0 radical (unpaired) electrons. The SMILES string of the molecule is Cc1cc(C)c(OCCN)c([N+](=O)[O-])c1. The van der Waals surface area contributed by atoms with E-state index in [-0.39, 0.29) is 12.3 Å². The van der Waals surface area contributed by atoms with Crippen LogP contribution in [0.1, 0.15) is 11.1 Å². The summed E-state index contributed by atoms with van der Waals surface area (Å²) in [5, 5.41) is 10.8. The van der Waals surface area contributed by atoms with Gasteiger partial charge in [-0.2, -0.15) is 0 Å². The number of hydrogen-bond donors (Lipinski definition) is 1. The third-order valence-electron chi connectivity index (χ3n) is 1.96. The van der Waals surface area contributed by atoms with Gasteiger partial charge in [-0.05, 0) is 25.0 Å². The average Bonchev–Trinajstić information content (AvgIpc) is 2.15. The van der Waals surface area contributed by atoms with Crippen LogP contribution in [0.3, 0.4) is 0 Å². The first-order valence-electron chi connectivity index (χ1n) is 4.64. The predicted molar refractivity (Wildman–Crippen MR) is 57.1 cm³/mol. The Bertz CT molecular complexity index is 377. The fraction of sp³-hybridized carbons (Fsp3) is 0.400. The van der Waals surface area contributed by atoms with Gasteiger partial charge in [0.25, 0.3) is 0 Å². The number of aryl methyl sites for hydroxylation is 2. The monoisotopic (exact) mass is 210 g/mol. The molecule has 2 N–H and O–H groups in total. The second-order valence-electron chi connectivity index (χ2n) is 3.32. The third kappa shape index (κ3) is 2.66. The van der Waals surface area contributed by atoms with Gasteiger partial charge in [0.05, 0.1) is 4.92 Å². The fourth-order valence-electron chi connectivity index (χ4n) is 1.42. The van der Waals surface area contributed by atoms with E-state index in [1.54, 1.807) is 6.92 Å². The number of rotatable bonds is 4. The molecule has 0 atom stereocenters. The van der Waals surface area contributed by atoms with Crippen LogP contribution in [0.5, 0.6) is 5.75 Å². The van der Waals surface area contributed by atoms with Gasteiger partial charge in [-0.3, -0.25) is 10.1 Å². The highest BCUT2D eigenvalue weighted by Crippen LogP contribution is 2.31. The van der Waals surface area contributed by atoms with Gasteiger partial charge in [-0.25, -0.2) is 0 Å². The summed E-state index contributed by atoms with van der Waals surface area (Å²) in [4.78, 5) is 10.3. The van der Waals surface area contributed by atoms with E-state index in [1.807, 2.05) is 13.0 Å². The molecule has 0 amide bonds. The Morgan fingerprint density at radius 2 is 2.13 bits per heavy atom. The van der Waals surface area contributed by atoms with E-state index in [9.17, 15) is 10.1 Å². The minimum Gasteiger partial charge on any atom is -0.485 e. The molecule has 0 aliphatic heterocycles. The number of nitrogens with two attached hydrogens (primary N) is 1. The topological polar surface area (TPSA) is 78.4 Å². The van der Waals surface area contributed by atoms with Crippen molar-refractivity contribution in [3.63, 3.8) is 0 Å². The lowest BCUT2D eigenvalue weighted by atomic mass is 10.1. The number of nitrogens with zero attached hydrogens (tertiary/aromatic N) is 1. The Kier molecular flexibility index (Phi) is 3.62. The lowest BCUT2D eigenvalue weighted by Gasteiger charge is -2.09. The average molecular weight is 210 g/mol. The minimum atomic E-state index is -0.439. The Labute approximate surface area is 88.0 Å². The second-order valence-corrected chi connectivity index (χ2v) is 3.32. The van der Waals surface area contributed by atoms with Crippen LogP contribution in [0.15, 0.2) is 12.1 Å². The van der Waals surface area contributed by atoms with Crippen LogP contribution < -0.4 is 10.5 Å². The quantitative estimate of drug-likeness (QED) is 0.604. The maximum Gasteiger partial charge on any atom is 0.311 e. The number of hydrogen-bond acceptors (Lipinski definition) is 4. The molecule has 0 bridgehead atoms. The first kappa shape index (κ1) is 11.5. The maximum atomic E-state index is 10.8. The van der Waals surface area contributed by atoms with Gasteiger partial charge in [0.1, 0.15) is 6.61 Å². The van der Waals surface area contributed by atoms with Crippen LogP contribution in [0, 0.1) is 24.0 Å². The van der Waals surface area contributed by atoms with E-state index in [4.69, 9.17) is 10.5 Å². The van der Waals surface area contributed by atoms with Gasteiger partial charge in [-0.15, -0.1) is 0 Å². The molecule has 0 aliphatic carbocycles. The van der Waals surface area contributed by atoms with Crippen molar-refractivity contribution in [2.24, 2.45) is 5.73 Å². The predicted octanol–water partition coefficient (Wildman–Crippen LogP) is 1.55. The summed E-state index contributed by atoms with van der Waals surface area (Å²) < 4.78 is 5.27. The first-order valence-corrected chi connectivity index (χ1v) is 4.64. The largest absolute Gasteiger partial charge is 0.485 e. The Morgan fingerprint density at radius 3 is 2.67 bits per heavy atom. The molecule has 15 heavy (non-hydrogen) atoms.